The molecule has 0 bridgehead atoms. The summed E-state index contributed by atoms with van der Waals surface area (Å²) in [5, 5.41) is 10.6. The van der Waals surface area contributed by atoms with Crippen molar-refractivity contribution in [1.29, 1.82) is 0 Å². The molecule has 0 aliphatic rings. The molecular formula is C54H30S4. The molecule has 13 aromatic rings. The van der Waals surface area contributed by atoms with E-state index >= 15 is 0 Å². The van der Waals surface area contributed by atoms with Crippen molar-refractivity contribution in [2.24, 2.45) is 0 Å². The molecule has 4 aromatic heterocycles. The molecule has 58 heavy (non-hydrogen) atoms. The Kier molecular flexibility index (Phi) is 7.19. The fourth-order valence-electron chi connectivity index (χ4n) is 8.98. The van der Waals surface area contributed by atoms with Crippen LogP contribution in [0.4, 0.5) is 0 Å². The van der Waals surface area contributed by atoms with Gasteiger partial charge in [-0.1, -0.05) is 84.9 Å². The maximum atomic E-state index is 2.43. The summed E-state index contributed by atoms with van der Waals surface area (Å²) in [6.07, 6.45) is 0. The minimum atomic E-state index is 1.23. The normalized spacial score (nSPS) is 12.1. The third-order valence-electron chi connectivity index (χ3n) is 11.9. The van der Waals surface area contributed by atoms with Crippen LogP contribution in [0.2, 0.25) is 0 Å². The molecule has 13 rings (SSSR count). The van der Waals surface area contributed by atoms with E-state index in [2.05, 4.69) is 182 Å². The van der Waals surface area contributed by atoms with Crippen molar-refractivity contribution in [3.05, 3.63) is 182 Å². The summed E-state index contributed by atoms with van der Waals surface area (Å²) in [5.74, 6) is 0. The van der Waals surface area contributed by atoms with E-state index in [4.69, 9.17) is 0 Å². The highest BCUT2D eigenvalue weighted by atomic mass is 32.1. The predicted octanol–water partition coefficient (Wildman–Crippen LogP) is 17.8. The van der Waals surface area contributed by atoms with Crippen LogP contribution in [0.5, 0.6) is 0 Å². The van der Waals surface area contributed by atoms with Crippen molar-refractivity contribution in [3.63, 3.8) is 0 Å². The Bertz CT molecular complexity index is 3680. The average Bonchev–Trinajstić information content (AvgIpc) is 4.05. The second-order valence-electron chi connectivity index (χ2n) is 15.3. The van der Waals surface area contributed by atoms with Crippen molar-refractivity contribution in [1.82, 2.24) is 0 Å². The Balaban J connectivity index is 0.985. The summed E-state index contributed by atoms with van der Waals surface area (Å²) in [5.41, 5.74) is 9.92. The summed E-state index contributed by atoms with van der Waals surface area (Å²) in [6.45, 7) is 0. The van der Waals surface area contributed by atoms with Gasteiger partial charge in [-0.2, -0.15) is 0 Å². The lowest BCUT2D eigenvalue weighted by Crippen LogP contribution is -1.87. The Labute approximate surface area is 350 Å². The first kappa shape index (κ1) is 32.9. The summed E-state index contributed by atoms with van der Waals surface area (Å²) >= 11 is 7.51. The third-order valence-corrected chi connectivity index (χ3v) is 16.5. The molecule has 0 saturated heterocycles. The van der Waals surface area contributed by atoms with Gasteiger partial charge in [0.25, 0.3) is 0 Å². The Morgan fingerprint density at radius 1 is 0.172 bits per heavy atom. The van der Waals surface area contributed by atoms with Gasteiger partial charge in [-0.3, -0.25) is 0 Å². The molecular weight excluding hydrogens is 777 g/mol. The first-order chi connectivity index (χ1) is 28.7. The zero-order chi connectivity index (χ0) is 37.9. The van der Waals surface area contributed by atoms with Crippen LogP contribution < -0.4 is 0 Å². The van der Waals surface area contributed by atoms with Gasteiger partial charge in [0, 0.05) is 80.7 Å². The molecule has 0 aliphatic heterocycles. The molecule has 0 amide bonds. The minimum absolute atomic E-state index is 1.23. The highest BCUT2D eigenvalue weighted by Gasteiger charge is 2.15. The summed E-state index contributed by atoms with van der Waals surface area (Å²) in [4.78, 5) is 0. The average molecular weight is 807 g/mol. The standard InChI is InChI=1S/C54H30S4/c1-4-10-47-39(7-1)42-26-31(13-18-50(42)55-47)32-14-19-53-45(27-32)46-30-35(17-22-54(46)58-53)38-24-36(33-15-20-51-43(28-33)40-8-2-5-11-48(40)56-51)23-37(25-38)34-16-21-52-44(29-34)41-9-3-6-12-49(41)57-52/h1-30H. The van der Waals surface area contributed by atoms with Crippen LogP contribution in [-0.2, 0) is 0 Å². The number of hydrogen-bond donors (Lipinski definition) is 0. The van der Waals surface area contributed by atoms with Gasteiger partial charge in [-0.05, 0) is 142 Å². The molecule has 0 nitrogen and oxygen atoms in total. The molecule has 9 aromatic carbocycles. The molecule has 0 fully saturated rings. The molecule has 0 radical (unpaired) electrons. The molecule has 4 heteroatoms. The van der Waals surface area contributed by atoms with E-state index < -0.39 is 0 Å². The summed E-state index contributed by atoms with van der Waals surface area (Å²) in [7, 11) is 0. The zero-order valence-electron chi connectivity index (χ0n) is 31.0. The topological polar surface area (TPSA) is 0 Å². The van der Waals surface area contributed by atoms with E-state index in [9.17, 15) is 0 Å². The largest absolute Gasteiger partial charge is 0.135 e. The van der Waals surface area contributed by atoms with Gasteiger partial charge in [-0.15, -0.1) is 45.3 Å². The summed E-state index contributed by atoms with van der Waals surface area (Å²) in [6, 6.07) is 68.7. The van der Waals surface area contributed by atoms with Crippen molar-refractivity contribution < 1.29 is 0 Å². The smallest absolute Gasteiger partial charge is 0.0355 e. The van der Waals surface area contributed by atoms with Crippen molar-refractivity contribution >= 4 is 126 Å². The Morgan fingerprint density at radius 3 is 0.690 bits per heavy atom. The van der Waals surface area contributed by atoms with Crippen LogP contribution in [0.15, 0.2) is 182 Å². The highest BCUT2D eigenvalue weighted by molar-refractivity contribution is 7.27. The van der Waals surface area contributed by atoms with Crippen LogP contribution >= 0.6 is 45.3 Å². The van der Waals surface area contributed by atoms with Gasteiger partial charge >= 0.3 is 0 Å². The third kappa shape index (κ3) is 5.16. The zero-order valence-corrected chi connectivity index (χ0v) is 34.2. The van der Waals surface area contributed by atoms with E-state index in [0.29, 0.717) is 0 Å². The van der Waals surface area contributed by atoms with Gasteiger partial charge in [0.15, 0.2) is 0 Å². The molecule has 0 unspecified atom stereocenters. The quantitative estimate of drug-likeness (QED) is 0.166. The van der Waals surface area contributed by atoms with Gasteiger partial charge in [0.2, 0.25) is 0 Å². The van der Waals surface area contributed by atoms with Crippen molar-refractivity contribution in [2.75, 3.05) is 0 Å². The number of fused-ring (bicyclic) bond motifs is 12. The Hall–Kier alpha value is -6.14. The fourth-order valence-corrected chi connectivity index (χ4v) is 13.3. The SMILES string of the molecule is c1ccc2c(c1)sc1ccc(-c3cc(-c4ccc5sc6ccccc6c5c4)cc(-c4ccc5sc6ccc(-c7ccc8sc9ccccc9c8c7)cc6c5c4)c3)cc12. The van der Waals surface area contributed by atoms with Gasteiger partial charge in [-0.25, -0.2) is 0 Å². The van der Waals surface area contributed by atoms with Crippen LogP contribution in [0.3, 0.4) is 0 Å². The highest BCUT2D eigenvalue weighted by Crippen LogP contribution is 2.44. The second kappa shape index (κ2) is 12.7. The van der Waals surface area contributed by atoms with Gasteiger partial charge in [0.1, 0.15) is 0 Å². The van der Waals surface area contributed by atoms with Crippen LogP contribution in [0.25, 0.3) is 125 Å². The first-order valence-corrected chi connectivity index (χ1v) is 22.8. The monoisotopic (exact) mass is 806 g/mol. The molecule has 0 spiro atoms. The summed E-state index contributed by atoms with van der Waals surface area (Å²) < 4.78 is 10.6. The lowest BCUT2D eigenvalue weighted by Gasteiger charge is -2.12. The van der Waals surface area contributed by atoms with E-state index in [1.54, 1.807) is 0 Å². The predicted molar refractivity (Wildman–Crippen MR) is 260 cm³/mol. The molecule has 0 aliphatic carbocycles. The first-order valence-electron chi connectivity index (χ1n) is 19.5. The fraction of sp³-hybridized carbons (Fsp3) is 0. The maximum absolute atomic E-state index is 2.43. The molecule has 0 N–H and O–H groups in total. The second-order valence-corrected chi connectivity index (χ2v) is 19.6. The van der Waals surface area contributed by atoms with Gasteiger partial charge in [0.05, 0.1) is 0 Å². The van der Waals surface area contributed by atoms with E-state index in [1.165, 1.54) is 125 Å². The van der Waals surface area contributed by atoms with Crippen LogP contribution in [-0.4, -0.2) is 0 Å². The van der Waals surface area contributed by atoms with Crippen molar-refractivity contribution in [3.8, 4) is 44.5 Å². The molecule has 4 heterocycles. The molecule has 0 atom stereocenters. The number of hydrogen-bond acceptors (Lipinski definition) is 4. The number of rotatable bonds is 4. The lowest BCUT2D eigenvalue weighted by atomic mass is 9.92. The lowest BCUT2D eigenvalue weighted by molar-refractivity contribution is 1.60. The van der Waals surface area contributed by atoms with Crippen molar-refractivity contribution in [2.45, 2.75) is 0 Å². The van der Waals surface area contributed by atoms with Crippen LogP contribution in [0, 0.1) is 0 Å². The number of thiophene rings is 4. The minimum Gasteiger partial charge on any atom is -0.135 e. The van der Waals surface area contributed by atoms with Gasteiger partial charge < -0.3 is 0 Å². The van der Waals surface area contributed by atoms with E-state index in [0.717, 1.165) is 0 Å². The number of benzene rings is 9. The van der Waals surface area contributed by atoms with E-state index in [1.807, 2.05) is 45.3 Å². The van der Waals surface area contributed by atoms with Crippen LogP contribution in [0.1, 0.15) is 0 Å². The molecule has 270 valence electrons. The Morgan fingerprint density at radius 2 is 0.397 bits per heavy atom. The maximum Gasteiger partial charge on any atom is 0.0355 e. The molecule has 0 saturated carbocycles. The van der Waals surface area contributed by atoms with E-state index in [-0.39, 0.29) is 0 Å².